The smallest absolute Gasteiger partial charge is 0.475 e. The van der Waals surface area contributed by atoms with Gasteiger partial charge in [0.15, 0.2) is 0 Å². The first-order valence-electron chi connectivity index (χ1n) is 10.8. The van der Waals surface area contributed by atoms with Gasteiger partial charge in [-0.2, -0.15) is 13.2 Å². The molecule has 1 aliphatic heterocycles. The third-order valence-corrected chi connectivity index (χ3v) is 5.81. The summed E-state index contributed by atoms with van der Waals surface area (Å²) >= 11 is 0. The van der Waals surface area contributed by atoms with Crippen LogP contribution in [0.1, 0.15) is 41.3 Å². The fourth-order valence-corrected chi connectivity index (χ4v) is 4.04. The van der Waals surface area contributed by atoms with Crippen molar-refractivity contribution < 1.29 is 27.9 Å². The molecule has 0 saturated heterocycles. The number of carbonyl (C=O) groups excluding carboxylic acids is 1. The standard InChI is InChI=1S/C22H22N4O.C2HF3O2/c27-22(17-7-8-17)26-14-18-5-1-2-6-19(18)20(15-26)21-24-10-11-25(21)13-16-4-3-9-23-12-16;3-2(4,5)1(6)7/h1-6,9-12,17,20H,7-8,13-15H2;(H,6,7). The predicted molar refractivity (Wildman–Crippen MR) is 116 cm³/mol. The zero-order valence-electron chi connectivity index (χ0n) is 18.2. The van der Waals surface area contributed by atoms with E-state index in [0.29, 0.717) is 19.0 Å². The van der Waals surface area contributed by atoms with Gasteiger partial charge in [0.25, 0.3) is 0 Å². The number of hydrogen-bond acceptors (Lipinski definition) is 4. The van der Waals surface area contributed by atoms with Gasteiger partial charge in [-0.15, -0.1) is 0 Å². The second kappa shape index (κ2) is 9.66. The minimum atomic E-state index is -5.08. The van der Waals surface area contributed by atoms with Crippen molar-refractivity contribution in [3.05, 3.63) is 83.7 Å². The minimum Gasteiger partial charge on any atom is -0.475 e. The van der Waals surface area contributed by atoms with Crippen molar-refractivity contribution in [2.75, 3.05) is 6.54 Å². The maximum atomic E-state index is 12.8. The monoisotopic (exact) mass is 472 g/mol. The Hall–Kier alpha value is -3.69. The lowest BCUT2D eigenvalue weighted by Crippen LogP contribution is -2.40. The molecule has 3 heterocycles. The van der Waals surface area contributed by atoms with Gasteiger partial charge in [0.2, 0.25) is 5.91 Å². The molecular weight excluding hydrogens is 449 g/mol. The van der Waals surface area contributed by atoms with E-state index in [-0.39, 0.29) is 11.8 Å². The van der Waals surface area contributed by atoms with E-state index in [0.717, 1.165) is 30.8 Å². The Morgan fingerprint density at radius 2 is 1.82 bits per heavy atom. The van der Waals surface area contributed by atoms with E-state index in [1.165, 1.54) is 11.1 Å². The predicted octanol–water partition coefficient (Wildman–Crippen LogP) is 3.84. The van der Waals surface area contributed by atoms with Gasteiger partial charge < -0.3 is 14.6 Å². The molecule has 1 aromatic carbocycles. The number of rotatable bonds is 4. The van der Waals surface area contributed by atoms with Gasteiger partial charge in [-0.05, 0) is 35.6 Å². The molecule has 10 heteroatoms. The third kappa shape index (κ3) is 5.44. The molecule has 1 fully saturated rings. The van der Waals surface area contributed by atoms with Crippen molar-refractivity contribution >= 4 is 11.9 Å². The van der Waals surface area contributed by atoms with Crippen LogP contribution in [0.25, 0.3) is 0 Å². The lowest BCUT2D eigenvalue weighted by Gasteiger charge is -2.35. The molecule has 5 rings (SSSR count). The molecule has 1 amide bonds. The summed E-state index contributed by atoms with van der Waals surface area (Å²) in [5, 5.41) is 7.12. The van der Waals surface area contributed by atoms with Crippen molar-refractivity contribution in [2.24, 2.45) is 5.92 Å². The van der Waals surface area contributed by atoms with Crippen molar-refractivity contribution in [1.29, 1.82) is 0 Å². The van der Waals surface area contributed by atoms with E-state index in [9.17, 15) is 18.0 Å². The SMILES string of the molecule is O=C(C1CC1)N1Cc2ccccc2C(c2nccn2Cc2cccnc2)C1.O=C(O)C(F)(F)F. The maximum absolute atomic E-state index is 12.8. The summed E-state index contributed by atoms with van der Waals surface area (Å²) in [6.45, 7) is 2.15. The number of hydrogen-bond donors (Lipinski definition) is 1. The number of aromatic nitrogens is 3. The number of pyridine rings is 1. The first kappa shape index (κ1) is 23.5. The summed E-state index contributed by atoms with van der Waals surface area (Å²) in [5.41, 5.74) is 3.67. The van der Waals surface area contributed by atoms with Crippen LogP contribution in [0.5, 0.6) is 0 Å². The number of amides is 1. The molecule has 178 valence electrons. The average molecular weight is 472 g/mol. The van der Waals surface area contributed by atoms with Crippen LogP contribution in [-0.4, -0.2) is 49.1 Å². The number of carboxylic acids is 1. The first-order valence-corrected chi connectivity index (χ1v) is 10.8. The number of aliphatic carboxylic acids is 1. The number of carboxylic acid groups (broad SMARTS) is 1. The highest BCUT2D eigenvalue weighted by molar-refractivity contribution is 5.81. The molecule has 1 atom stereocenters. The van der Waals surface area contributed by atoms with E-state index < -0.39 is 12.1 Å². The lowest BCUT2D eigenvalue weighted by molar-refractivity contribution is -0.192. The molecule has 1 saturated carbocycles. The Morgan fingerprint density at radius 3 is 2.47 bits per heavy atom. The van der Waals surface area contributed by atoms with Crippen LogP contribution in [0, 0.1) is 5.92 Å². The van der Waals surface area contributed by atoms with Crippen molar-refractivity contribution in [3.8, 4) is 0 Å². The van der Waals surface area contributed by atoms with Crippen LogP contribution in [0.3, 0.4) is 0 Å². The van der Waals surface area contributed by atoms with E-state index in [1.807, 2.05) is 29.6 Å². The second-order valence-electron chi connectivity index (χ2n) is 8.32. The summed E-state index contributed by atoms with van der Waals surface area (Å²) in [6.07, 6.45) is 4.55. The van der Waals surface area contributed by atoms with E-state index in [1.54, 1.807) is 6.20 Å². The van der Waals surface area contributed by atoms with Crippen LogP contribution in [-0.2, 0) is 22.7 Å². The highest BCUT2D eigenvalue weighted by Gasteiger charge is 2.39. The molecule has 0 bridgehead atoms. The number of alkyl halides is 3. The average Bonchev–Trinajstić information content (AvgIpc) is 3.57. The highest BCUT2D eigenvalue weighted by atomic mass is 19.4. The van der Waals surface area contributed by atoms with Gasteiger partial charge in [-0.25, -0.2) is 9.78 Å². The van der Waals surface area contributed by atoms with Crippen molar-refractivity contribution in [1.82, 2.24) is 19.4 Å². The molecule has 0 radical (unpaired) electrons. The zero-order valence-corrected chi connectivity index (χ0v) is 18.2. The lowest BCUT2D eigenvalue weighted by atomic mass is 9.88. The van der Waals surface area contributed by atoms with Gasteiger partial charge in [0.1, 0.15) is 5.82 Å². The molecule has 7 nitrogen and oxygen atoms in total. The van der Waals surface area contributed by atoms with E-state index in [2.05, 4.69) is 39.9 Å². The van der Waals surface area contributed by atoms with Crippen LogP contribution >= 0.6 is 0 Å². The molecule has 34 heavy (non-hydrogen) atoms. The Balaban J connectivity index is 0.000000344. The van der Waals surface area contributed by atoms with Crippen LogP contribution in [0.2, 0.25) is 0 Å². The largest absolute Gasteiger partial charge is 0.490 e. The molecule has 1 aliphatic carbocycles. The Morgan fingerprint density at radius 1 is 1.09 bits per heavy atom. The van der Waals surface area contributed by atoms with Crippen molar-refractivity contribution in [3.63, 3.8) is 0 Å². The molecule has 1 N–H and O–H groups in total. The normalized spacial score (nSPS) is 17.4. The van der Waals surface area contributed by atoms with Crippen molar-refractivity contribution in [2.45, 2.75) is 38.0 Å². The quantitative estimate of drug-likeness (QED) is 0.623. The number of benzene rings is 1. The van der Waals surface area contributed by atoms with Gasteiger partial charge >= 0.3 is 12.1 Å². The number of nitrogens with zero attached hydrogens (tertiary/aromatic N) is 4. The minimum absolute atomic E-state index is 0.101. The highest BCUT2D eigenvalue weighted by Crippen LogP contribution is 2.37. The third-order valence-electron chi connectivity index (χ3n) is 5.81. The number of halogens is 3. The van der Waals surface area contributed by atoms with Crippen LogP contribution < -0.4 is 0 Å². The van der Waals surface area contributed by atoms with E-state index in [4.69, 9.17) is 14.9 Å². The topological polar surface area (TPSA) is 88.3 Å². The number of imidazole rings is 1. The number of carbonyl (C=O) groups is 2. The van der Waals surface area contributed by atoms with Gasteiger partial charge in [-0.1, -0.05) is 30.3 Å². The molecular formula is C24H23F3N4O3. The Labute approximate surface area is 193 Å². The molecule has 3 aromatic rings. The van der Waals surface area contributed by atoms with Gasteiger partial charge in [-0.3, -0.25) is 9.78 Å². The fraction of sp³-hybridized carbons (Fsp3) is 0.333. The van der Waals surface area contributed by atoms with Crippen LogP contribution in [0.15, 0.2) is 61.2 Å². The molecule has 2 aromatic heterocycles. The maximum Gasteiger partial charge on any atom is 0.490 e. The van der Waals surface area contributed by atoms with Gasteiger partial charge in [0.05, 0.1) is 12.5 Å². The first-order chi connectivity index (χ1) is 16.2. The molecule has 1 unspecified atom stereocenters. The number of fused-ring (bicyclic) bond motifs is 1. The van der Waals surface area contributed by atoms with Crippen LogP contribution in [0.4, 0.5) is 13.2 Å². The summed E-state index contributed by atoms with van der Waals surface area (Å²) in [7, 11) is 0. The molecule has 0 spiro atoms. The Bertz CT molecular complexity index is 1160. The zero-order chi connectivity index (χ0) is 24.3. The summed E-state index contributed by atoms with van der Waals surface area (Å²) in [6, 6.07) is 12.5. The van der Waals surface area contributed by atoms with Gasteiger partial charge in [0, 0.05) is 43.8 Å². The summed E-state index contributed by atoms with van der Waals surface area (Å²) < 4.78 is 33.9. The molecule has 2 aliphatic rings. The summed E-state index contributed by atoms with van der Waals surface area (Å²) in [5.74, 6) is -1.10. The summed E-state index contributed by atoms with van der Waals surface area (Å²) in [4.78, 5) is 32.6. The second-order valence-corrected chi connectivity index (χ2v) is 8.32. The van der Waals surface area contributed by atoms with E-state index >= 15 is 0 Å². The Kier molecular flexibility index (Phi) is 6.67. The fourth-order valence-electron chi connectivity index (χ4n) is 4.04.